The molecule has 138 valence electrons. The van der Waals surface area contributed by atoms with Crippen LogP contribution in [0.25, 0.3) is 0 Å². The summed E-state index contributed by atoms with van der Waals surface area (Å²) in [6, 6.07) is 8.91. The van der Waals surface area contributed by atoms with Crippen LogP contribution in [-0.4, -0.2) is 63.3 Å². The van der Waals surface area contributed by atoms with E-state index in [1.54, 1.807) is 0 Å². The second-order valence-electron chi connectivity index (χ2n) is 7.44. The van der Waals surface area contributed by atoms with Gasteiger partial charge in [0.25, 0.3) is 0 Å². The van der Waals surface area contributed by atoms with Gasteiger partial charge in [0.15, 0.2) is 0 Å². The van der Waals surface area contributed by atoms with Gasteiger partial charge < -0.3 is 15.0 Å². The lowest BCUT2D eigenvalue weighted by Gasteiger charge is -2.34. The molecule has 0 saturated carbocycles. The summed E-state index contributed by atoms with van der Waals surface area (Å²) in [5, 5.41) is 3.21. The number of anilines is 1. The van der Waals surface area contributed by atoms with Crippen molar-refractivity contribution in [3.05, 3.63) is 29.8 Å². The van der Waals surface area contributed by atoms with E-state index in [2.05, 4.69) is 39.4 Å². The largest absolute Gasteiger partial charge is 0.378 e. The van der Waals surface area contributed by atoms with Crippen LogP contribution in [0.15, 0.2) is 24.3 Å². The van der Waals surface area contributed by atoms with Crippen LogP contribution in [0, 0.1) is 0 Å². The topological polar surface area (TPSA) is 44.8 Å². The number of piperidine rings is 1. The first-order chi connectivity index (χ1) is 12.1. The minimum atomic E-state index is 0.134. The summed E-state index contributed by atoms with van der Waals surface area (Å²) in [6.07, 6.45) is 5.17. The number of carbonyl (C=O) groups excluding carboxylic acids is 1. The highest BCUT2D eigenvalue weighted by Crippen LogP contribution is 2.19. The number of nitrogens with one attached hydrogen (secondary N) is 1. The highest BCUT2D eigenvalue weighted by atomic mass is 16.5. The molecule has 2 aliphatic rings. The second-order valence-corrected chi connectivity index (χ2v) is 7.44. The molecule has 2 saturated heterocycles. The first-order valence-electron chi connectivity index (χ1n) is 9.51. The predicted molar refractivity (Wildman–Crippen MR) is 101 cm³/mol. The van der Waals surface area contributed by atoms with Crippen molar-refractivity contribution >= 4 is 11.6 Å². The van der Waals surface area contributed by atoms with Crippen LogP contribution >= 0.6 is 0 Å². The highest BCUT2D eigenvalue weighted by molar-refractivity contribution is 5.76. The number of ether oxygens (including phenoxy) is 1. The number of carbonyl (C=O) groups is 1. The number of hydrogen-bond acceptors (Lipinski definition) is 4. The first kappa shape index (κ1) is 18.2. The van der Waals surface area contributed by atoms with E-state index < -0.39 is 0 Å². The molecular formula is C20H31N3O2. The van der Waals surface area contributed by atoms with Crippen molar-refractivity contribution in [3.8, 4) is 0 Å². The number of nitrogens with zero attached hydrogens (tertiary/aromatic N) is 2. The molecule has 2 heterocycles. The number of benzene rings is 1. The molecule has 25 heavy (non-hydrogen) atoms. The van der Waals surface area contributed by atoms with Crippen LogP contribution in [0.4, 0.5) is 5.69 Å². The van der Waals surface area contributed by atoms with Crippen molar-refractivity contribution in [2.24, 2.45) is 0 Å². The van der Waals surface area contributed by atoms with Crippen LogP contribution in [0.5, 0.6) is 0 Å². The molecule has 2 atom stereocenters. The molecule has 2 aliphatic heterocycles. The zero-order chi connectivity index (χ0) is 17.6. The van der Waals surface area contributed by atoms with Crippen molar-refractivity contribution < 1.29 is 9.53 Å². The molecule has 1 amide bonds. The summed E-state index contributed by atoms with van der Waals surface area (Å²) >= 11 is 0. The summed E-state index contributed by atoms with van der Waals surface area (Å²) in [5.41, 5.74) is 2.39. The maximum atomic E-state index is 12.4. The van der Waals surface area contributed by atoms with E-state index in [1.165, 1.54) is 30.5 Å². The monoisotopic (exact) mass is 345 g/mol. The summed E-state index contributed by atoms with van der Waals surface area (Å²) in [4.78, 5) is 17.0. The Labute approximate surface area is 151 Å². The third kappa shape index (κ3) is 4.95. The van der Waals surface area contributed by atoms with Crippen LogP contribution in [0.3, 0.4) is 0 Å². The van der Waals surface area contributed by atoms with Gasteiger partial charge >= 0.3 is 0 Å². The maximum absolute atomic E-state index is 12.4. The van der Waals surface area contributed by atoms with Crippen molar-refractivity contribution in [2.75, 3.05) is 45.3 Å². The molecule has 1 aromatic rings. The van der Waals surface area contributed by atoms with Gasteiger partial charge in [-0.25, -0.2) is 0 Å². The van der Waals surface area contributed by atoms with Crippen LogP contribution < -0.4 is 10.2 Å². The Bertz CT molecular complexity index is 553. The minimum Gasteiger partial charge on any atom is -0.378 e. The highest BCUT2D eigenvalue weighted by Gasteiger charge is 2.34. The molecule has 2 fully saturated rings. The van der Waals surface area contributed by atoms with Crippen LogP contribution in [0.1, 0.15) is 31.2 Å². The Kier molecular flexibility index (Phi) is 6.32. The lowest BCUT2D eigenvalue weighted by molar-refractivity contribution is -0.122. The molecule has 5 nitrogen and oxygen atoms in total. The second kappa shape index (κ2) is 8.68. The average Bonchev–Trinajstić information content (AvgIpc) is 3.09. The molecule has 1 aromatic carbocycles. The fourth-order valence-electron chi connectivity index (χ4n) is 3.79. The van der Waals surface area contributed by atoms with Crippen molar-refractivity contribution in [3.63, 3.8) is 0 Å². The van der Waals surface area contributed by atoms with Gasteiger partial charge in [0.05, 0.1) is 25.3 Å². The Hall–Kier alpha value is -1.59. The standard InChI is InChI=1S/C20H31N3O2/c1-22(2)17-9-6-16(7-10-17)8-11-20(24)21-18-14-25-15-19(18)23-12-4-3-5-13-23/h6-7,9-10,18-19H,3-5,8,11-15H2,1-2H3,(H,21,24)/t18-,19-/m0/s1. The van der Waals surface area contributed by atoms with Gasteiger partial charge in [-0.05, 0) is 50.0 Å². The van der Waals surface area contributed by atoms with E-state index in [9.17, 15) is 4.79 Å². The first-order valence-corrected chi connectivity index (χ1v) is 9.51. The Morgan fingerprint density at radius 1 is 1.16 bits per heavy atom. The Balaban J connectivity index is 1.46. The molecule has 0 spiro atoms. The number of hydrogen-bond donors (Lipinski definition) is 1. The number of rotatable bonds is 6. The average molecular weight is 345 g/mol. The predicted octanol–water partition coefficient (Wildman–Crippen LogP) is 2.05. The van der Waals surface area contributed by atoms with Crippen molar-refractivity contribution in [1.29, 1.82) is 0 Å². The Morgan fingerprint density at radius 3 is 2.56 bits per heavy atom. The number of aryl methyl sites for hydroxylation is 1. The van der Waals surface area contributed by atoms with E-state index >= 15 is 0 Å². The zero-order valence-corrected chi connectivity index (χ0v) is 15.5. The third-order valence-electron chi connectivity index (χ3n) is 5.35. The molecule has 0 bridgehead atoms. The molecule has 0 radical (unpaired) electrons. The van der Waals surface area contributed by atoms with Gasteiger partial charge in [0.1, 0.15) is 0 Å². The van der Waals surface area contributed by atoms with E-state index in [0.717, 1.165) is 26.1 Å². The van der Waals surface area contributed by atoms with Crippen molar-refractivity contribution in [2.45, 2.75) is 44.2 Å². The molecule has 3 rings (SSSR count). The maximum Gasteiger partial charge on any atom is 0.220 e. The fourth-order valence-corrected chi connectivity index (χ4v) is 3.79. The van der Waals surface area contributed by atoms with Gasteiger partial charge in [-0.1, -0.05) is 18.6 Å². The minimum absolute atomic E-state index is 0.134. The number of likely N-dealkylation sites (tertiary alicyclic amines) is 1. The lowest BCUT2D eigenvalue weighted by Crippen LogP contribution is -2.52. The summed E-state index contributed by atoms with van der Waals surface area (Å²) in [7, 11) is 4.07. The Morgan fingerprint density at radius 2 is 1.88 bits per heavy atom. The fraction of sp³-hybridized carbons (Fsp3) is 0.650. The van der Waals surface area contributed by atoms with Crippen LogP contribution in [-0.2, 0) is 16.0 Å². The summed E-state index contributed by atoms with van der Waals surface area (Å²) in [6.45, 7) is 3.67. The normalized spacial score (nSPS) is 24.2. The van der Waals surface area contributed by atoms with Crippen LogP contribution in [0.2, 0.25) is 0 Å². The van der Waals surface area contributed by atoms with Crippen molar-refractivity contribution in [1.82, 2.24) is 10.2 Å². The smallest absolute Gasteiger partial charge is 0.220 e. The molecule has 0 aliphatic carbocycles. The SMILES string of the molecule is CN(C)c1ccc(CCC(=O)N[C@H]2COC[C@@H]2N2CCCCC2)cc1. The summed E-state index contributed by atoms with van der Waals surface area (Å²) < 4.78 is 5.66. The van der Waals surface area contributed by atoms with E-state index in [0.29, 0.717) is 19.1 Å². The quantitative estimate of drug-likeness (QED) is 0.857. The van der Waals surface area contributed by atoms with E-state index in [4.69, 9.17) is 4.74 Å². The molecule has 0 aromatic heterocycles. The molecule has 0 unspecified atom stereocenters. The third-order valence-corrected chi connectivity index (χ3v) is 5.35. The summed E-state index contributed by atoms with van der Waals surface area (Å²) in [5.74, 6) is 0.134. The van der Waals surface area contributed by atoms with Gasteiger partial charge in [-0.3, -0.25) is 9.69 Å². The number of amides is 1. The zero-order valence-electron chi connectivity index (χ0n) is 15.5. The van der Waals surface area contributed by atoms with E-state index in [1.807, 2.05) is 14.1 Å². The van der Waals surface area contributed by atoms with Gasteiger partial charge in [0, 0.05) is 26.2 Å². The molecule has 5 heteroatoms. The van der Waals surface area contributed by atoms with Gasteiger partial charge in [-0.15, -0.1) is 0 Å². The molecular weight excluding hydrogens is 314 g/mol. The van der Waals surface area contributed by atoms with Gasteiger partial charge in [0.2, 0.25) is 5.91 Å². The van der Waals surface area contributed by atoms with E-state index in [-0.39, 0.29) is 11.9 Å². The van der Waals surface area contributed by atoms with Gasteiger partial charge in [-0.2, -0.15) is 0 Å². The lowest BCUT2D eigenvalue weighted by atomic mass is 10.0. The molecule has 1 N–H and O–H groups in total.